The standard InChI is InChI=1S/C16H13Cl2F3N4OSi/c1-27(2,3)5-4-10-13(8-22)24-25(15(10)23)14-11(17)6-9(7-12(14)18)26-16(19,20)21/h6-7H,23H2,1-3H3. The molecule has 0 atom stereocenters. The summed E-state index contributed by atoms with van der Waals surface area (Å²) >= 11 is 12.1. The lowest BCUT2D eigenvalue weighted by Crippen LogP contribution is -2.17. The summed E-state index contributed by atoms with van der Waals surface area (Å²) in [4.78, 5) is 0. The van der Waals surface area contributed by atoms with E-state index in [4.69, 9.17) is 28.9 Å². The van der Waals surface area contributed by atoms with Gasteiger partial charge in [-0.3, -0.25) is 0 Å². The van der Waals surface area contributed by atoms with E-state index in [2.05, 4.69) is 21.3 Å². The maximum Gasteiger partial charge on any atom is 0.573 e. The summed E-state index contributed by atoms with van der Waals surface area (Å²) in [6.07, 6.45) is -4.90. The van der Waals surface area contributed by atoms with E-state index in [1.807, 2.05) is 25.7 Å². The van der Waals surface area contributed by atoms with Crippen molar-refractivity contribution in [2.24, 2.45) is 0 Å². The molecular weight excluding hydrogens is 420 g/mol. The monoisotopic (exact) mass is 432 g/mol. The molecular formula is C16H13Cl2F3N4OSi. The van der Waals surface area contributed by atoms with Crippen LogP contribution in [0, 0.1) is 22.8 Å². The summed E-state index contributed by atoms with van der Waals surface area (Å²) in [5.41, 5.74) is 9.32. The van der Waals surface area contributed by atoms with E-state index < -0.39 is 20.2 Å². The molecule has 2 rings (SSSR count). The van der Waals surface area contributed by atoms with E-state index in [9.17, 15) is 18.4 Å². The Labute approximate surface area is 164 Å². The number of halogens is 5. The van der Waals surface area contributed by atoms with Crippen molar-refractivity contribution >= 4 is 37.1 Å². The normalized spacial score (nSPS) is 11.5. The van der Waals surface area contributed by atoms with Crippen LogP contribution in [-0.4, -0.2) is 24.2 Å². The number of hydrogen-bond donors (Lipinski definition) is 1. The van der Waals surface area contributed by atoms with Gasteiger partial charge in [0.15, 0.2) is 5.69 Å². The third-order valence-electron chi connectivity index (χ3n) is 3.03. The van der Waals surface area contributed by atoms with Gasteiger partial charge in [0, 0.05) is 12.1 Å². The molecule has 1 aromatic carbocycles. The highest BCUT2D eigenvalue weighted by atomic mass is 35.5. The summed E-state index contributed by atoms with van der Waals surface area (Å²) in [5.74, 6) is 2.28. The SMILES string of the molecule is C[Si](C)(C)C#Cc1c(C#N)nn(-c2c(Cl)cc(OC(F)(F)F)cc2Cl)c1N. The van der Waals surface area contributed by atoms with Gasteiger partial charge in [-0.1, -0.05) is 48.8 Å². The maximum absolute atomic E-state index is 12.4. The van der Waals surface area contributed by atoms with Crippen molar-refractivity contribution in [2.45, 2.75) is 26.0 Å². The second-order valence-electron chi connectivity index (χ2n) is 6.42. The lowest BCUT2D eigenvalue weighted by molar-refractivity contribution is -0.274. The Morgan fingerprint density at radius 3 is 2.22 bits per heavy atom. The minimum absolute atomic E-state index is 0.00518. The molecule has 0 unspecified atom stereocenters. The van der Waals surface area contributed by atoms with Crippen LogP contribution in [0.2, 0.25) is 29.7 Å². The number of rotatable bonds is 2. The number of hydrogen-bond acceptors (Lipinski definition) is 4. The molecule has 2 aromatic rings. The first-order valence-corrected chi connectivity index (χ1v) is 11.6. The Balaban J connectivity index is 2.61. The van der Waals surface area contributed by atoms with Crippen molar-refractivity contribution < 1.29 is 17.9 Å². The number of ether oxygens (including phenoxy) is 1. The van der Waals surface area contributed by atoms with Crippen LogP contribution in [0.5, 0.6) is 5.75 Å². The molecule has 0 amide bonds. The zero-order valence-corrected chi connectivity index (χ0v) is 16.9. The fraction of sp³-hybridized carbons (Fsp3) is 0.250. The predicted molar refractivity (Wildman–Crippen MR) is 99.6 cm³/mol. The smallest absolute Gasteiger partial charge is 0.406 e. The Morgan fingerprint density at radius 1 is 1.22 bits per heavy atom. The highest BCUT2D eigenvalue weighted by Gasteiger charge is 2.32. The van der Waals surface area contributed by atoms with Crippen molar-refractivity contribution in [3.05, 3.63) is 33.4 Å². The fourth-order valence-corrected chi connectivity index (χ4v) is 3.12. The topological polar surface area (TPSA) is 76.9 Å². The van der Waals surface area contributed by atoms with Crippen molar-refractivity contribution in [1.82, 2.24) is 9.78 Å². The minimum atomic E-state index is -4.90. The van der Waals surface area contributed by atoms with E-state index in [0.29, 0.717) is 0 Å². The highest BCUT2D eigenvalue weighted by molar-refractivity contribution is 6.83. The van der Waals surface area contributed by atoms with Gasteiger partial charge in [-0.2, -0.15) is 10.4 Å². The molecule has 0 aliphatic heterocycles. The van der Waals surface area contributed by atoms with Gasteiger partial charge in [0.1, 0.15) is 37.0 Å². The van der Waals surface area contributed by atoms with Crippen molar-refractivity contribution in [1.29, 1.82) is 5.26 Å². The Kier molecular flexibility index (Phi) is 5.71. The molecule has 1 heterocycles. The number of nitrogen functional groups attached to an aromatic ring is 1. The van der Waals surface area contributed by atoms with Crippen molar-refractivity contribution in [3.8, 4) is 29.0 Å². The third kappa shape index (κ3) is 5.10. The lowest BCUT2D eigenvalue weighted by Gasteiger charge is -2.13. The van der Waals surface area contributed by atoms with Crippen molar-refractivity contribution in [3.63, 3.8) is 0 Å². The van der Waals surface area contributed by atoms with Crippen LogP contribution >= 0.6 is 23.2 Å². The highest BCUT2D eigenvalue weighted by Crippen LogP contribution is 2.37. The van der Waals surface area contributed by atoms with Crippen LogP contribution in [-0.2, 0) is 0 Å². The molecule has 0 fully saturated rings. The number of benzene rings is 1. The van der Waals surface area contributed by atoms with Gasteiger partial charge in [0.25, 0.3) is 0 Å². The van der Waals surface area contributed by atoms with Gasteiger partial charge in [0.2, 0.25) is 0 Å². The van der Waals surface area contributed by atoms with Gasteiger partial charge < -0.3 is 10.5 Å². The molecule has 0 spiro atoms. The van der Waals surface area contributed by atoms with Crippen LogP contribution in [0.3, 0.4) is 0 Å². The Morgan fingerprint density at radius 2 is 1.78 bits per heavy atom. The van der Waals surface area contributed by atoms with Crippen LogP contribution in [0.15, 0.2) is 12.1 Å². The summed E-state index contributed by atoms with van der Waals surface area (Å²) in [7, 11) is -1.76. The summed E-state index contributed by atoms with van der Waals surface area (Å²) in [5, 5.41) is 13.0. The predicted octanol–water partition coefficient (Wildman–Crippen LogP) is 4.76. The quantitative estimate of drug-likeness (QED) is 0.547. The molecule has 0 saturated carbocycles. The number of nitrogens with zero attached hydrogens (tertiary/aromatic N) is 3. The molecule has 142 valence electrons. The molecule has 0 aliphatic carbocycles. The summed E-state index contributed by atoms with van der Waals surface area (Å²) in [6, 6.07) is 3.74. The van der Waals surface area contributed by atoms with E-state index in [1.54, 1.807) is 0 Å². The van der Waals surface area contributed by atoms with Gasteiger partial charge in [-0.25, -0.2) is 4.68 Å². The molecule has 0 bridgehead atoms. The van der Waals surface area contributed by atoms with Crippen LogP contribution in [0.25, 0.3) is 5.69 Å². The third-order valence-corrected chi connectivity index (χ3v) is 4.48. The second kappa shape index (κ2) is 7.35. The lowest BCUT2D eigenvalue weighted by atomic mass is 10.2. The molecule has 0 radical (unpaired) electrons. The average Bonchev–Trinajstić information content (AvgIpc) is 2.78. The van der Waals surface area contributed by atoms with Crippen LogP contribution in [0.4, 0.5) is 19.0 Å². The molecule has 1 aromatic heterocycles. The first kappa shape index (κ1) is 21.0. The molecule has 0 saturated heterocycles. The van der Waals surface area contributed by atoms with E-state index in [0.717, 1.165) is 16.8 Å². The van der Waals surface area contributed by atoms with Gasteiger partial charge >= 0.3 is 6.36 Å². The number of alkyl halides is 3. The summed E-state index contributed by atoms with van der Waals surface area (Å²) in [6.45, 7) is 6.04. The largest absolute Gasteiger partial charge is 0.573 e. The number of nitrogens with two attached hydrogens (primary N) is 1. The van der Waals surface area contributed by atoms with Crippen LogP contribution in [0.1, 0.15) is 11.3 Å². The van der Waals surface area contributed by atoms with E-state index >= 15 is 0 Å². The zero-order valence-electron chi connectivity index (χ0n) is 14.4. The van der Waals surface area contributed by atoms with Gasteiger partial charge in [-0.15, -0.1) is 18.7 Å². The number of aromatic nitrogens is 2. The number of anilines is 1. The summed E-state index contributed by atoms with van der Waals surface area (Å²) < 4.78 is 42.0. The molecule has 2 N–H and O–H groups in total. The van der Waals surface area contributed by atoms with Crippen molar-refractivity contribution in [2.75, 3.05) is 5.73 Å². The number of nitriles is 1. The molecule has 27 heavy (non-hydrogen) atoms. The molecule has 5 nitrogen and oxygen atoms in total. The second-order valence-corrected chi connectivity index (χ2v) is 12.0. The first-order chi connectivity index (χ1) is 12.3. The maximum atomic E-state index is 12.4. The van der Waals surface area contributed by atoms with Gasteiger partial charge in [-0.05, 0) is 0 Å². The van der Waals surface area contributed by atoms with E-state index in [-0.39, 0.29) is 32.8 Å². The molecule has 0 aliphatic rings. The zero-order chi connectivity index (χ0) is 20.6. The van der Waals surface area contributed by atoms with E-state index in [1.165, 1.54) is 0 Å². The molecule has 11 heteroatoms. The van der Waals surface area contributed by atoms with Gasteiger partial charge in [0.05, 0.1) is 10.0 Å². The Bertz CT molecular complexity index is 972. The fourth-order valence-electron chi connectivity index (χ4n) is 1.99. The minimum Gasteiger partial charge on any atom is -0.406 e. The first-order valence-electron chi connectivity index (χ1n) is 7.39. The Hall–Kier alpha value is -2.33. The average molecular weight is 433 g/mol. The van der Waals surface area contributed by atoms with Crippen LogP contribution < -0.4 is 10.5 Å².